The van der Waals surface area contributed by atoms with E-state index in [1.807, 2.05) is 23.9 Å². The molecule has 0 amide bonds. The molecule has 1 fully saturated rings. The molecule has 0 radical (unpaired) electrons. The van der Waals surface area contributed by atoms with Gasteiger partial charge in [0.2, 0.25) is 0 Å². The van der Waals surface area contributed by atoms with E-state index < -0.39 is 0 Å². The van der Waals surface area contributed by atoms with E-state index in [2.05, 4.69) is 10.3 Å². The first-order valence-electron chi connectivity index (χ1n) is 4.91. The number of nitrogens with two attached hydrogens (primary N) is 1. The smallest absolute Gasteiger partial charge is 0.146 e. The van der Waals surface area contributed by atoms with Gasteiger partial charge >= 0.3 is 0 Å². The Hall–Kier alpha value is -0.900. The van der Waals surface area contributed by atoms with Crippen molar-refractivity contribution in [2.75, 3.05) is 22.6 Å². The third kappa shape index (κ3) is 2.32. The van der Waals surface area contributed by atoms with Gasteiger partial charge in [0, 0.05) is 18.0 Å². The molecule has 0 spiro atoms. The molecule has 76 valence electrons. The van der Waals surface area contributed by atoms with Crippen LogP contribution in [-0.4, -0.2) is 22.5 Å². The quantitative estimate of drug-likeness (QED) is 0.782. The fourth-order valence-corrected chi connectivity index (χ4v) is 2.69. The first-order chi connectivity index (χ1) is 6.86. The van der Waals surface area contributed by atoms with Gasteiger partial charge in [0.1, 0.15) is 5.82 Å². The van der Waals surface area contributed by atoms with Gasteiger partial charge in [0.25, 0.3) is 0 Å². The van der Waals surface area contributed by atoms with Gasteiger partial charge < -0.3 is 11.1 Å². The standard InChI is InChI=1S/C10H15N3S/c11-10-9(4-1-5-12-10)13-8-3-2-6-14-7-8/h1,4-5,8,13H,2-3,6-7H2,(H2,11,12). The van der Waals surface area contributed by atoms with E-state index in [0.29, 0.717) is 11.9 Å². The molecule has 2 heterocycles. The number of hydrogen-bond donors (Lipinski definition) is 2. The zero-order valence-corrected chi connectivity index (χ0v) is 8.89. The summed E-state index contributed by atoms with van der Waals surface area (Å²) in [4.78, 5) is 4.05. The molecule has 2 rings (SSSR count). The van der Waals surface area contributed by atoms with E-state index in [9.17, 15) is 0 Å². The van der Waals surface area contributed by atoms with E-state index in [1.165, 1.54) is 24.3 Å². The lowest BCUT2D eigenvalue weighted by atomic mass is 10.2. The molecule has 3 nitrogen and oxygen atoms in total. The Bertz CT molecular complexity index is 297. The molecule has 14 heavy (non-hydrogen) atoms. The molecular formula is C10H15N3S. The Balaban J connectivity index is 1.99. The summed E-state index contributed by atoms with van der Waals surface area (Å²) in [6.45, 7) is 0. The van der Waals surface area contributed by atoms with Crippen LogP contribution in [0.4, 0.5) is 11.5 Å². The highest BCUT2D eigenvalue weighted by atomic mass is 32.2. The normalized spacial score (nSPS) is 21.9. The Kier molecular flexibility index (Phi) is 3.14. The number of anilines is 2. The fraction of sp³-hybridized carbons (Fsp3) is 0.500. The van der Waals surface area contributed by atoms with Crippen LogP contribution < -0.4 is 11.1 Å². The molecule has 1 aromatic rings. The molecule has 1 aromatic heterocycles. The zero-order chi connectivity index (χ0) is 9.80. The number of nitrogens with zero attached hydrogens (tertiary/aromatic N) is 1. The van der Waals surface area contributed by atoms with Gasteiger partial charge in [0.15, 0.2) is 0 Å². The highest BCUT2D eigenvalue weighted by Crippen LogP contribution is 2.22. The van der Waals surface area contributed by atoms with Crippen molar-refractivity contribution in [3.63, 3.8) is 0 Å². The second-order valence-corrected chi connectivity index (χ2v) is 4.64. The lowest BCUT2D eigenvalue weighted by Crippen LogP contribution is -2.26. The summed E-state index contributed by atoms with van der Waals surface area (Å²) < 4.78 is 0. The Morgan fingerprint density at radius 3 is 3.21 bits per heavy atom. The van der Waals surface area contributed by atoms with Gasteiger partial charge in [-0.1, -0.05) is 0 Å². The van der Waals surface area contributed by atoms with Crippen molar-refractivity contribution in [3.05, 3.63) is 18.3 Å². The SMILES string of the molecule is Nc1ncccc1NC1CCCSC1. The highest BCUT2D eigenvalue weighted by molar-refractivity contribution is 7.99. The third-order valence-electron chi connectivity index (χ3n) is 2.36. The second kappa shape index (κ2) is 4.55. The average Bonchev–Trinajstić information content (AvgIpc) is 2.23. The van der Waals surface area contributed by atoms with E-state index in [-0.39, 0.29) is 0 Å². The van der Waals surface area contributed by atoms with Crippen molar-refractivity contribution >= 4 is 23.3 Å². The van der Waals surface area contributed by atoms with Crippen molar-refractivity contribution in [1.29, 1.82) is 0 Å². The molecule has 3 N–H and O–H groups in total. The number of aromatic nitrogens is 1. The van der Waals surface area contributed by atoms with Crippen LogP contribution in [0.15, 0.2) is 18.3 Å². The van der Waals surface area contributed by atoms with Crippen molar-refractivity contribution in [3.8, 4) is 0 Å². The molecule has 1 aliphatic rings. The summed E-state index contributed by atoms with van der Waals surface area (Å²) in [5.74, 6) is 3.07. The highest BCUT2D eigenvalue weighted by Gasteiger charge is 2.14. The molecule has 0 aromatic carbocycles. The maximum atomic E-state index is 5.76. The van der Waals surface area contributed by atoms with Crippen LogP contribution in [-0.2, 0) is 0 Å². The number of nitrogen functional groups attached to an aromatic ring is 1. The van der Waals surface area contributed by atoms with Crippen LogP contribution in [0.25, 0.3) is 0 Å². The largest absolute Gasteiger partial charge is 0.382 e. The number of rotatable bonds is 2. The number of nitrogens with one attached hydrogen (secondary N) is 1. The maximum absolute atomic E-state index is 5.76. The van der Waals surface area contributed by atoms with Crippen molar-refractivity contribution in [2.45, 2.75) is 18.9 Å². The summed E-state index contributed by atoms with van der Waals surface area (Å²) in [6, 6.07) is 4.45. The second-order valence-electron chi connectivity index (χ2n) is 3.49. The minimum atomic E-state index is 0.556. The van der Waals surface area contributed by atoms with Gasteiger partial charge in [-0.25, -0.2) is 4.98 Å². The van der Waals surface area contributed by atoms with E-state index in [1.54, 1.807) is 6.20 Å². The van der Waals surface area contributed by atoms with Crippen LogP contribution in [0.5, 0.6) is 0 Å². The first-order valence-corrected chi connectivity index (χ1v) is 6.06. The Labute approximate surface area is 88.5 Å². The van der Waals surface area contributed by atoms with Crippen LogP contribution in [0.2, 0.25) is 0 Å². The summed E-state index contributed by atoms with van der Waals surface area (Å²) in [5.41, 5.74) is 6.73. The van der Waals surface area contributed by atoms with E-state index in [4.69, 9.17) is 5.73 Å². The average molecular weight is 209 g/mol. The summed E-state index contributed by atoms with van der Waals surface area (Å²) in [5, 5.41) is 3.44. The molecule has 4 heteroatoms. The fourth-order valence-electron chi connectivity index (χ4n) is 1.61. The topological polar surface area (TPSA) is 50.9 Å². The van der Waals surface area contributed by atoms with Crippen LogP contribution in [0.1, 0.15) is 12.8 Å². The third-order valence-corrected chi connectivity index (χ3v) is 3.57. The predicted octanol–water partition coefficient (Wildman–Crippen LogP) is 1.97. The molecule has 1 atom stereocenters. The Morgan fingerprint density at radius 2 is 2.50 bits per heavy atom. The lowest BCUT2D eigenvalue weighted by Gasteiger charge is -2.23. The van der Waals surface area contributed by atoms with Gasteiger partial charge in [-0.3, -0.25) is 0 Å². The molecular weight excluding hydrogens is 194 g/mol. The molecule has 1 aliphatic heterocycles. The van der Waals surface area contributed by atoms with Gasteiger partial charge in [-0.05, 0) is 30.7 Å². The minimum absolute atomic E-state index is 0.556. The van der Waals surface area contributed by atoms with Gasteiger partial charge in [0.05, 0.1) is 5.69 Å². The first kappa shape index (κ1) is 9.65. The van der Waals surface area contributed by atoms with E-state index >= 15 is 0 Å². The predicted molar refractivity (Wildman–Crippen MR) is 62.6 cm³/mol. The minimum Gasteiger partial charge on any atom is -0.382 e. The maximum Gasteiger partial charge on any atom is 0.146 e. The van der Waals surface area contributed by atoms with Crippen LogP contribution in [0, 0.1) is 0 Å². The number of thioether (sulfide) groups is 1. The molecule has 0 bridgehead atoms. The van der Waals surface area contributed by atoms with E-state index in [0.717, 1.165) is 5.69 Å². The zero-order valence-electron chi connectivity index (χ0n) is 8.07. The number of hydrogen-bond acceptors (Lipinski definition) is 4. The number of pyridine rings is 1. The van der Waals surface area contributed by atoms with Gasteiger partial charge in [-0.15, -0.1) is 0 Å². The van der Waals surface area contributed by atoms with Gasteiger partial charge in [-0.2, -0.15) is 11.8 Å². The van der Waals surface area contributed by atoms with Crippen molar-refractivity contribution in [2.24, 2.45) is 0 Å². The molecule has 0 saturated carbocycles. The molecule has 1 unspecified atom stereocenters. The van der Waals surface area contributed by atoms with Crippen molar-refractivity contribution < 1.29 is 0 Å². The van der Waals surface area contributed by atoms with Crippen LogP contribution in [0.3, 0.4) is 0 Å². The van der Waals surface area contributed by atoms with Crippen LogP contribution >= 0.6 is 11.8 Å². The molecule has 0 aliphatic carbocycles. The summed E-state index contributed by atoms with van der Waals surface area (Å²) in [6.07, 6.45) is 4.25. The summed E-state index contributed by atoms with van der Waals surface area (Å²) in [7, 11) is 0. The summed E-state index contributed by atoms with van der Waals surface area (Å²) >= 11 is 2.00. The monoisotopic (exact) mass is 209 g/mol. The lowest BCUT2D eigenvalue weighted by molar-refractivity contribution is 0.685. The molecule has 1 saturated heterocycles. The Morgan fingerprint density at radius 1 is 1.57 bits per heavy atom. The van der Waals surface area contributed by atoms with Crippen molar-refractivity contribution in [1.82, 2.24) is 4.98 Å².